The van der Waals surface area contributed by atoms with E-state index in [2.05, 4.69) is 10.5 Å². The molecule has 2 aliphatic heterocycles. The fourth-order valence-electron chi connectivity index (χ4n) is 2.63. The molecular formula is C17H22N2O4. The number of nitrogens with zero attached hydrogens (tertiary/aromatic N) is 1. The molecule has 23 heavy (non-hydrogen) atoms. The van der Waals surface area contributed by atoms with Crippen LogP contribution in [0.5, 0.6) is 5.75 Å². The van der Waals surface area contributed by atoms with E-state index in [1.807, 2.05) is 30.3 Å². The summed E-state index contributed by atoms with van der Waals surface area (Å²) < 4.78 is 10.9. The molecule has 1 saturated heterocycles. The van der Waals surface area contributed by atoms with E-state index in [1.54, 1.807) is 0 Å². The normalized spacial score (nSPS) is 23.2. The van der Waals surface area contributed by atoms with E-state index >= 15 is 0 Å². The van der Waals surface area contributed by atoms with Gasteiger partial charge in [0.1, 0.15) is 17.6 Å². The predicted molar refractivity (Wildman–Crippen MR) is 85.4 cm³/mol. The molecule has 1 fully saturated rings. The van der Waals surface area contributed by atoms with Gasteiger partial charge in [0.15, 0.2) is 0 Å². The van der Waals surface area contributed by atoms with Crippen molar-refractivity contribution < 1.29 is 19.1 Å². The Morgan fingerprint density at radius 1 is 1.35 bits per heavy atom. The summed E-state index contributed by atoms with van der Waals surface area (Å²) in [6, 6.07) is 9.64. The lowest BCUT2D eigenvalue weighted by Crippen LogP contribution is -2.34. The quantitative estimate of drug-likeness (QED) is 0.831. The molecule has 0 aliphatic carbocycles. The van der Waals surface area contributed by atoms with Gasteiger partial charge < -0.3 is 19.6 Å². The molecule has 2 heterocycles. The van der Waals surface area contributed by atoms with Crippen molar-refractivity contribution in [2.24, 2.45) is 11.1 Å². The second-order valence-electron chi connectivity index (χ2n) is 5.86. The Morgan fingerprint density at radius 3 is 3.00 bits per heavy atom. The lowest BCUT2D eigenvalue weighted by molar-refractivity contribution is -0.115. The van der Waals surface area contributed by atoms with E-state index in [-0.39, 0.29) is 12.0 Å². The summed E-state index contributed by atoms with van der Waals surface area (Å²) in [6.07, 6.45) is 2.15. The molecule has 0 bridgehead atoms. The Kier molecular flexibility index (Phi) is 5.47. The number of rotatable bonds is 7. The van der Waals surface area contributed by atoms with E-state index in [1.165, 1.54) is 0 Å². The van der Waals surface area contributed by atoms with Gasteiger partial charge in [0, 0.05) is 31.9 Å². The molecule has 124 valence electrons. The first-order chi connectivity index (χ1) is 11.3. The average molecular weight is 318 g/mol. The largest absolute Gasteiger partial charge is 0.493 e. The van der Waals surface area contributed by atoms with Gasteiger partial charge in [-0.05, 0) is 18.6 Å². The maximum atomic E-state index is 12.0. The standard InChI is InChI=1S/C17H22N2O4/c20-17(18-11-13-6-8-21-12-13)16-10-15(23-19-16)7-9-22-14-4-2-1-3-5-14/h1-5,13,15H,6-12H2,(H,18,20). The molecule has 6 nitrogen and oxygen atoms in total. The molecule has 2 unspecified atom stereocenters. The molecule has 0 spiro atoms. The van der Waals surface area contributed by atoms with Crippen molar-refractivity contribution in [2.45, 2.75) is 25.4 Å². The second kappa shape index (κ2) is 7.97. The van der Waals surface area contributed by atoms with Gasteiger partial charge in [0.25, 0.3) is 5.91 Å². The van der Waals surface area contributed by atoms with Crippen LogP contribution in [0, 0.1) is 5.92 Å². The van der Waals surface area contributed by atoms with Crippen molar-refractivity contribution in [2.75, 3.05) is 26.4 Å². The van der Waals surface area contributed by atoms with E-state index < -0.39 is 0 Å². The minimum atomic E-state index is -0.136. The van der Waals surface area contributed by atoms with Gasteiger partial charge in [0.05, 0.1) is 13.2 Å². The smallest absolute Gasteiger partial charge is 0.269 e. The van der Waals surface area contributed by atoms with Crippen LogP contribution in [-0.4, -0.2) is 44.1 Å². The Hall–Kier alpha value is -2.08. The molecule has 0 saturated carbocycles. The Labute approximate surface area is 135 Å². The Balaban J connectivity index is 1.33. The molecule has 0 aromatic heterocycles. The predicted octanol–water partition coefficient (Wildman–Crippen LogP) is 1.75. The van der Waals surface area contributed by atoms with Gasteiger partial charge in [-0.3, -0.25) is 4.79 Å². The first-order valence-corrected chi connectivity index (χ1v) is 8.08. The van der Waals surface area contributed by atoms with Crippen LogP contribution in [0.1, 0.15) is 19.3 Å². The summed E-state index contributed by atoms with van der Waals surface area (Å²) in [7, 11) is 0. The highest BCUT2D eigenvalue weighted by Crippen LogP contribution is 2.16. The summed E-state index contributed by atoms with van der Waals surface area (Å²) >= 11 is 0. The highest BCUT2D eigenvalue weighted by Gasteiger charge is 2.26. The molecule has 1 N–H and O–H groups in total. The molecule has 1 aromatic carbocycles. The first kappa shape index (κ1) is 15.8. The van der Waals surface area contributed by atoms with Crippen molar-refractivity contribution in [3.63, 3.8) is 0 Å². The average Bonchev–Trinajstić information content (AvgIpc) is 3.25. The number of carbonyl (C=O) groups excluding carboxylic acids is 1. The van der Waals surface area contributed by atoms with Crippen molar-refractivity contribution in [3.05, 3.63) is 30.3 Å². The van der Waals surface area contributed by atoms with Gasteiger partial charge in [0.2, 0.25) is 0 Å². The fourth-order valence-corrected chi connectivity index (χ4v) is 2.63. The molecule has 2 atom stereocenters. The van der Waals surface area contributed by atoms with E-state index in [0.717, 1.165) is 25.4 Å². The molecule has 1 aromatic rings. The lowest BCUT2D eigenvalue weighted by atomic mass is 10.1. The Bertz CT molecular complexity index is 541. The number of carbonyl (C=O) groups is 1. The monoisotopic (exact) mass is 318 g/mol. The summed E-state index contributed by atoms with van der Waals surface area (Å²) in [5.74, 6) is 1.11. The number of ether oxygens (including phenoxy) is 2. The van der Waals surface area contributed by atoms with Crippen LogP contribution in [0.2, 0.25) is 0 Å². The van der Waals surface area contributed by atoms with E-state index in [9.17, 15) is 4.79 Å². The van der Waals surface area contributed by atoms with Crippen LogP contribution in [0.15, 0.2) is 35.5 Å². The molecule has 3 rings (SSSR count). The third kappa shape index (κ3) is 4.69. The van der Waals surface area contributed by atoms with Crippen molar-refractivity contribution in [1.29, 1.82) is 0 Å². The molecular weight excluding hydrogens is 296 g/mol. The molecule has 0 radical (unpaired) electrons. The topological polar surface area (TPSA) is 69.2 Å². The molecule has 6 heteroatoms. The van der Waals surface area contributed by atoms with E-state index in [0.29, 0.717) is 37.6 Å². The zero-order valence-electron chi connectivity index (χ0n) is 13.1. The molecule has 1 amide bonds. The van der Waals surface area contributed by atoms with Gasteiger partial charge in [-0.1, -0.05) is 23.4 Å². The number of amides is 1. The number of oxime groups is 1. The van der Waals surface area contributed by atoms with Crippen LogP contribution in [-0.2, 0) is 14.4 Å². The van der Waals surface area contributed by atoms with Gasteiger partial charge in [-0.25, -0.2) is 0 Å². The first-order valence-electron chi connectivity index (χ1n) is 8.08. The number of hydrogen-bond acceptors (Lipinski definition) is 5. The zero-order chi connectivity index (χ0) is 15.9. The third-order valence-corrected chi connectivity index (χ3v) is 4.02. The minimum Gasteiger partial charge on any atom is -0.493 e. The highest BCUT2D eigenvalue weighted by atomic mass is 16.6. The number of hydrogen-bond donors (Lipinski definition) is 1. The maximum Gasteiger partial charge on any atom is 0.269 e. The van der Waals surface area contributed by atoms with Crippen LogP contribution in [0.3, 0.4) is 0 Å². The minimum absolute atomic E-state index is 0.0886. The fraction of sp³-hybridized carbons (Fsp3) is 0.529. The SMILES string of the molecule is O=C(NCC1CCOC1)C1=NOC(CCOc2ccccc2)C1. The summed E-state index contributed by atoms with van der Waals surface area (Å²) in [5, 5.41) is 6.81. The Morgan fingerprint density at radius 2 is 2.22 bits per heavy atom. The summed E-state index contributed by atoms with van der Waals surface area (Å²) in [6.45, 7) is 2.69. The van der Waals surface area contributed by atoms with Crippen molar-refractivity contribution in [3.8, 4) is 5.75 Å². The van der Waals surface area contributed by atoms with Gasteiger partial charge >= 0.3 is 0 Å². The number of para-hydroxylation sites is 1. The van der Waals surface area contributed by atoms with Crippen molar-refractivity contribution in [1.82, 2.24) is 5.32 Å². The number of nitrogens with one attached hydrogen (secondary N) is 1. The molecule has 2 aliphatic rings. The van der Waals surface area contributed by atoms with Crippen molar-refractivity contribution >= 4 is 11.6 Å². The van der Waals surface area contributed by atoms with Crippen LogP contribution in [0.4, 0.5) is 0 Å². The number of benzene rings is 1. The van der Waals surface area contributed by atoms with Gasteiger partial charge in [-0.2, -0.15) is 0 Å². The van der Waals surface area contributed by atoms with Gasteiger partial charge in [-0.15, -0.1) is 0 Å². The van der Waals surface area contributed by atoms with Crippen LogP contribution in [0.25, 0.3) is 0 Å². The van der Waals surface area contributed by atoms with E-state index in [4.69, 9.17) is 14.3 Å². The van der Waals surface area contributed by atoms with Crippen LogP contribution >= 0.6 is 0 Å². The van der Waals surface area contributed by atoms with Crippen LogP contribution < -0.4 is 10.1 Å². The second-order valence-corrected chi connectivity index (χ2v) is 5.86. The summed E-state index contributed by atoms with van der Waals surface area (Å²) in [4.78, 5) is 17.4. The zero-order valence-corrected chi connectivity index (χ0v) is 13.1. The maximum absolute atomic E-state index is 12.0. The lowest BCUT2D eigenvalue weighted by Gasteiger charge is -2.10. The highest BCUT2D eigenvalue weighted by molar-refractivity contribution is 6.39. The summed E-state index contributed by atoms with van der Waals surface area (Å²) in [5.41, 5.74) is 0.466. The third-order valence-electron chi connectivity index (χ3n) is 4.02.